The molecule has 1 N–H and O–H groups in total. The molecule has 25 heavy (non-hydrogen) atoms. The molecule has 2 saturated heterocycles. The van der Waals surface area contributed by atoms with Crippen LogP contribution >= 0.6 is 11.8 Å². The Morgan fingerprint density at radius 2 is 1.92 bits per heavy atom. The summed E-state index contributed by atoms with van der Waals surface area (Å²) < 4.78 is 0. The fourth-order valence-electron chi connectivity index (χ4n) is 3.49. The summed E-state index contributed by atoms with van der Waals surface area (Å²) in [6, 6.07) is 10.1. The molecule has 2 fully saturated rings. The number of piperazine rings is 1. The van der Waals surface area contributed by atoms with Gasteiger partial charge in [0.2, 0.25) is 11.8 Å². The van der Waals surface area contributed by atoms with Crippen molar-refractivity contribution in [3.63, 3.8) is 0 Å². The van der Waals surface area contributed by atoms with Gasteiger partial charge in [0.1, 0.15) is 0 Å². The maximum atomic E-state index is 12.6. The van der Waals surface area contributed by atoms with Crippen LogP contribution in [-0.4, -0.2) is 71.9 Å². The molecule has 2 aliphatic heterocycles. The summed E-state index contributed by atoms with van der Waals surface area (Å²) in [6.45, 7) is 3.98. The molecule has 136 valence electrons. The van der Waals surface area contributed by atoms with Gasteiger partial charge < -0.3 is 10.2 Å². The molecule has 2 heterocycles. The van der Waals surface area contributed by atoms with Crippen molar-refractivity contribution in [3.05, 3.63) is 35.9 Å². The van der Waals surface area contributed by atoms with Crippen LogP contribution in [0.25, 0.3) is 0 Å². The van der Waals surface area contributed by atoms with Gasteiger partial charge in [-0.05, 0) is 24.9 Å². The minimum Gasteiger partial charge on any atom is -0.353 e. The quantitative estimate of drug-likeness (QED) is 0.832. The van der Waals surface area contributed by atoms with Crippen molar-refractivity contribution in [1.29, 1.82) is 0 Å². The fourth-order valence-corrected chi connectivity index (χ4v) is 4.39. The Kier molecular flexibility index (Phi) is 6.76. The summed E-state index contributed by atoms with van der Waals surface area (Å²) in [4.78, 5) is 29.0. The first-order valence-electron chi connectivity index (χ1n) is 9.15. The first-order valence-corrected chi connectivity index (χ1v) is 10.3. The summed E-state index contributed by atoms with van der Waals surface area (Å²) in [6.07, 6.45) is 2.31. The van der Waals surface area contributed by atoms with Crippen LogP contribution in [0, 0.1) is 0 Å². The highest BCUT2D eigenvalue weighted by Crippen LogP contribution is 2.15. The van der Waals surface area contributed by atoms with Crippen molar-refractivity contribution >= 4 is 23.6 Å². The third kappa shape index (κ3) is 5.22. The Balaban J connectivity index is 1.53. The van der Waals surface area contributed by atoms with Crippen LogP contribution in [0.3, 0.4) is 0 Å². The van der Waals surface area contributed by atoms with Gasteiger partial charge in [0.25, 0.3) is 0 Å². The van der Waals surface area contributed by atoms with Gasteiger partial charge in [-0.15, -0.1) is 0 Å². The third-order valence-corrected chi connectivity index (χ3v) is 5.87. The van der Waals surface area contributed by atoms with Crippen molar-refractivity contribution in [2.75, 3.05) is 44.2 Å². The second-order valence-corrected chi connectivity index (χ2v) is 7.85. The molecule has 1 unspecified atom stereocenters. The number of nitrogens with zero attached hydrogens (tertiary/aromatic N) is 2. The molecule has 0 aromatic heterocycles. The van der Waals surface area contributed by atoms with Gasteiger partial charge in [0.05, 0.1) is 12.5 Å². The normalized spacial score (nSPS) is 21.8. The van der Waals surface area contributed by atoms with Crippen molar-refractivity contribution in [1.82, 2.24) is 15.1 Å². The zero-order chi connectivity index (χ0) is 17.5. The molecule has 0 aliphatic carbocycles. The fraction of sp³-hybridized carbons (Fsp3) is 0.579. The van der Waals surface area contributed by atoms with Crippen molar-refractivity contribution in [2.24, 2.45) is 0 Å². The standard InChI is InChI=1S/C19H27N3O2S/c23-18(22-11-13-25-14-12-22)15-17-19(24)20-8-10-21(17)9-4-7-16-5-2-1-3-6-16/h1-3,5-6,17H,4,7-15H2,(H,20,24). The van der Waals surface area contributed by atoms with E-state index in [0.717, 1.165) is 50.5 Å². The zero-order valence-electron chi connectivity index (χ0n) is 14.7. The molecule has 2 amide bonds. The van der Waals surface area contributed by atoms with E-state index in [4.69, 9.17) is 0 Å². The highest BCUT2D eigenvalue weighted by Gasteiger charge is 2.32. The molecular weight excluding hydrogens is 334 g/mol. The number of benzene rings is 1. The number of rotatable bonds is 6. The van der Waals surface area contributed by atoms with Crippen molar-refractivity contribution in [3.8, 4) is 0 Å². The Labute approximate surface area is 154 Å². The summed E-state index contributed by atoms with van der Waals surface area (Å²) in [5.74, 6) is 2.13. The van der Waals surface area contributed by atoms with Crippen LogP contribution in [0.4, 0.5) is 0 Å². The van der Waals surface area contributed by atoms with Crippen LogP contribution in [0.15, 0.2) is 30.3 Å². The van der Waals surface area contributed by atoms with Gasteiger partial charge in [0, 0.05) is 37.7 Å². The number of amides is 2. The second kappa shape index (κ2) is 9.25. The molecular formula is C19H27N3O2S. The van der Waals surface area contributed by atoms with Gasteiger partial charge in [-0.3, -0.25) is 14.5 Å². The number of hydrogen-bond acceptors (Lipinski definition) is 4. The van der Waals surface area contributed by atoms with E-state index in [1.54, 1.807) is 0 Å². The average Bonchev–Trinajstić information content (AvgIpc) is 2.66. The number of hydrogen-bond donors (Lipinski definition) is 1. The number of nitrogens with one attached hydrogen (secondary N) is 1. The second-order valence-electron chi connectivity index (χ2n) is 6.63. The average molecular weight is 362 g/mol. The summed E-state index contributed by atoms with van der Waals surface area (Å²) >= 11 is 1.89. The van der Waals surface area contributed by atoms with Gasteiger partial charge in [0.15, 0.2) is 0 Å². The monoisotopic (exact) mass is 361 g/mol. The lowest BCUT2D eigenvalue weighted by molar-refractivity contribution is -0.138. The molecule has 1 aromatic rings. The summed E-state index contributed by atoms with van der Waals surface area (Å²) in [5.41, 5.74) is 1.32. The minimum atomic E-state index is -0.313. The SMILES string of the molecule is O=C1NCCN(CCCc2ccccc2)C1CC(=O)N1CCSCC1. The molecule has 2 aliphatic rings. The predicted octanol–water partition coefficient (Wildman–Crippen LogP) is 1.39. The van der Waals surface area contributed by atoms with Crippen LogP contribution in [0.1, 0.15) is 18.4 Å². The number of carbonyl (C=O) groups excluding carboxylic acids is 2. The topological polar surface area (TPSA) is 52.7 Å². The minimum absolute atomic E-state index is 0.00527. The first kappa shape index (κ1) is 18.3. The molecule has 1 atom stereocenters. The summed E-state index contributed by atoms with van der Waals surface area (Å²) in [5, 5.41) is 2.92. The molecule has 0 radical (unpaired) electrons. The molecule has 1 aromatic carbocycles. The molecule has 0 bridgehead atoms. The smallest absolute Gasteiger partial charge is 0.237 e. The third-order valence-electron chi connectivity index (χ3n) is 4.93. The van der Waals surface area contributed by atoms with E-state index < -0.39 is 0 Å². The van der Waals surface area contributed by atoms with Crippen molar-refractivity contribution in [2.45, 2.75) is 25.3 Å². The van der Waals surface area contributed by atoms with E-state index in [2.05, 4.69) is 34.5 Å². The maximum absolute atomic E-state index is 12.6. The number of aryl methyl sites for hydroxylation is 1. The predicted molar refractivity (Wildman–Crippen MR) is 102 cm³/mol. The van der Waals surface area contributed by atoms with Gasteiger partial charge >= 0.3 is 0 Å². The lowest BCUT2D eigenvalue weighted by Crippen LogP contribution is -2.57. The maximum Gasteiger partial charge on any atom is 0.237 e. The first-order chi connectivity index (χ1) is 12.2. The lowest BCUT2D eigenvalue weighted by Gasteiger charge is -2.36. The molecule has 6 heteroatoms. The summed E-state index contributed by atoms with van der Waals surface area (Å²) in [7, 11) is 0. The van der Waals surface area contributed by atoms with E-state index in [-0.39, 0.29) is 17.9 Å². The van der Waals surface area contributed by atoms with Gasteiger partial charge in [-0.1, -0.05) is 30.3 Å². The Morgan fingerprint density at radius 1 is 1.16 bits per heavy atom. The Morgan fingerprint density at radius 3 is 2.68 bits per heavy atom. The molecule has 5 nitrogen and oxygen atoms in total. The van der Waals surface area contributed by atoms with Crippen LogP contribution in [0.5, 0.6) is 0 Å². The van der Waals surface area contributed by atoms with Gasteiger partial charge in [-0.25, -0.2) is 0 Å². The highest BCUT2D eigenvalue weighted by atomic mass is 32.2. The van der Waals surface area contributed by atoms with E-state index in [0.29, 0.717) is 13.0 Å². The number of carbonyl (C=O) groups is 2. The molecule has 3 rings (SSSR count). The number of thioether (sulfide) groups is 1. The molecule has 0 saturated carbocycles. The zero-order valence-corrected chi connectivity index (χ0v) is 15.5. The highest BCUT2D eigenvalue weighted by molar-refractivity contribution is 7.99. The Hall–Kier alpha value is -1.53. The lowest BCUT2D eigenvalue weighted by atomic mass is 10.1. The largest absolute Gasteiger partial charge is 0.353 e. The van der Waals surface area contributed by atoms with E-state index in [1.165, 1.54) is 5.56 Å². The van der Waals surface area contributed by atoms with E-state index in [9.17, 15) is 9.59 Å². The van der Waals surface area contributed by atoms with Crippen LogP contribution in [0.2, 0.25) is 0 Å². The van der Waals surface area contributed by atoms with Crippen LogP contribution < -0.4 is 5.32 Å². The van der Waals surface area contributed by atoms with Crippen molar-refractivity contribution < 1.29 is 9.59 Å². The molecule has 0 spiro atoms. The van der Waals surface area contributed by atoms with Gasteiger partial charge in [-0.2, -0.15) is 11.8 Å². The van der Waals surface area contributed by atoms with E-state index >= 15 is 0 Å². The van der Waals surface area contributed by atoms with Crippen LogP contribution in [-0.2, 0) is 16.0 Å². The van der Waals surface area contributed by atoms with E-state index in [1.807, 2.05) is 22.7 Å². The Bertz CT molecular complexity index is 575.